The molecule has 2 amide bonds. The van der Waals surface area contributed by atoms with Crippen molar-refractivity contribution in [1.29, 1.82) is 0 Å². The van der Waals surface area contributed by atoms with E-state index in [1.165, 1.54) is 30.5 Å². The van der Waals surface area contributed by atoms with E-state index in [0.29, 0.717) is 29.9 Å². The van der Waals surface area contributed by atoms with Gasteiger partial charge >= 0.3 is 6.03 Å². The van der Waals surface area contributed by atoms with Crippen molar-refractivity contribution < 1.29 is 13.6 Å². The van der Waals surface area contributed by atoms with Crippen LogP contribution in [0.3, 0.4) is 0 Å². The summed E-state index contributed by atoms with van der Waals surface area (Å²) in [5.41, 5.74) is 10.7. The zero-order chi connectivity index (χ0) is 21.7. The third kappa shape index (κ3) is 4.45. The van der Waals surface area contributed by atoms with Crippen LogP contribution in [-0.2, 0) is 0 Å². The van der Waals surface area contributed by atoms with Crippen molar-refractivity contribution in [3.63, 3.8) is 0 Å². The van der Waals surface area contributed by atoms with Crippen molar-refractivity contribution in [3.8, 4) is 11.3 Å². The minimum atomic E-state index is -0.783. The zero-order valence-electron chi connectivity index (χ0n) is 16.2. The summed E-state index contributed by atoms with van der Waals surface area (Å²) in [4.78, 5) is 10.9. The lowest BCUT2D eigenvalue weighted by Gasteiger charge is -2.44. The molecule has 1 aliphatic carbocycles. The van der Waals surface area contributed by atoms with E-state index in [1.54, 1.807) is 12.1 Å². The molecule has 1 saturated carbocycles. The third-order valence-electron chi connectivity index (χ3n) is 4.97. The number of nitrogens with two attached hydrogens (primary N) is 2. The van der Waals surface area contributed by atoms with Crippen LogP contribution < -0.4 is 22.1 Å². The van der Waals surface area contributed by atoms with E-state index in [1.807, 2.05) is 0 Å². The number of amides is 2. The molecule has 0 atom stereocenters. The molecule has 1 aliphatic rings. The first-order chi connectivity index (χ1) is 14.3. The highest BCUT2D eigenvalue weighted by Crippen LogP contribution is 2.43. The quantitative estimate of drug-likeness (QED) is 0.513. The second kappa shape index (κ2) is 8.73. The summed E-state index contributed by atoms with van der Waals surface area (Å²) >= 11 is 0. The second-order valence-electron chi connectivity index (χ2n) is 6.93. The summed E-state index contributed by atoms with van der Waals surface area (Å²) < 4.78 is 28.7. The molecule has 0 spiro atoms. The first-order valence-electron chi connectivity index (χ1n) is 9.27. The van der Waals surface area contributed by atoms with Gasteiger partial charge in [-0.25, -0.2) is 13.6 Å². The van der Waals surface area contributed by atoms with Crippen LogP contribution in [0.25, 0.3) is 11.3 Å². The van der Waals surface area contributed by atoms with Crippen molar-refractivity contribution in [1.82, 2.24) is 10.2 Å². The summed E-state index contributed by atoms with van der Waals surface area (Å²) in [6.45, 7) is 3.89. The molecule has 0 aliphatic heterocycles. The molecule has 1 fully saturated rings. The number of primary amides is 1. The van der Waals surface area contributed by atoms with Crippen LogP contribution in [0.5, 0.6) is 0 Å². The zero-order valence-corrected chi connectivity index (χ0v) is 16.2. The van der Waals surface area contributed by atoms with E-state index in [0.717, 1.165) is 12.5 Å². The number of urea groups is 1. The van der Waals surface area contributed by atoms with Crippen molar-refractivity contribution in [2.75, 3.05) is 10.6 Å². The van der Waals surface area contributed by atoms with E-state index in [9.17, 15) is 13.6 Å². The molecular weight excluding hydrogens is 390 g/mol. The standard InChI is InChI=1S/C21H22F2N6O/c1-13(16(22)4-2-11-24)21(9-3-10-21)27-19-8-7-18(28-29-19)15-6-5-14(12-17(15)23)26-20(25)30/h2,4-8,11-12H,1,3,9-10,24H2,(H,27,29)(H3,25,26,30)/b11-2-,16-4+. The van der Waals surface area contributed by atoms with Crippen molar-refractivity contribution in [2.24, 2.45) is 11.5 Å². The lowest BCUT2D eigenvalue weighted by molar-refractivity contribution is 0.259. The summed E-state index contributed by atoms with van der Waals surface area (Å²) in [6, 6.07) is 6.59. The Morgan fingerprint density at radius 3 is 2.53 bits per heavy atom. The Hall–Kier alpha value is -3.75. The molecule has 0 radical (unpaired) electrons. The Bertz CT molecular complexity index is 1010. The van der Waals surface area contributed by atoms with Gasteiger partial charge in [0.05, 0.1) is 11.2 Å². The SMILES string of the molecule is C=C(/C(F)=C\C=C/N)C1(Nc2ccc(-c3ccc(NC(N)=O)cc3F)nn2)CCC1. The van der Waals surface area contributed by atoms with E-state index >= 15 is 0 Å². The fourth-order valence-corrected chi connectivity index (χ4v) is 3.23. The van der Waals surface area contributed by atoms with E-state index in [2.05, 4.69) is 27.4 Å². The minimum absolute atomic E-state index is 0.217. The van der Waals surface area contributed by atoms with Crippen molar-refractivity contribution >= 4 is 17.5 Å². The maximum Gasteiger partial charge on any atom is 0.316 e. The molecule has 30 heavy (non-hydrogen) atoms. The van der Waals surface area contributed by atoms with Crippen LogP contribution in [0.2, 0.25) is 0 Å². The molecule has 0 bridgehead atoms. The maximum atomic E-state index is 14.4. The Morgan fingerprint density at radius 1 is 1.23 bits per heavy atom. The number of aromatic nitrogens is 2. The number of benzene rings is 1. The number of nitrogens with one attached hydrogen (secondary N) is 2. The van der Waals surface area contributed by atoms with Crippen LogP contribution in [0, 0.1) is 5.82 Å². The lowest BCUT2D eigenvalue weighted by Crippen LogP contribution is -2.47. The summed E-state index contributed by atoms with van der Waals surface area (Å²) in [7, 11) is 0. The number of carbonyl (C=O) groups excluding carboxylic acids is 1. The summed E-state index contributed by atoms with van der Waals surface area (Å²) in [6.07, 6.45) is 6.23. The van der Waals surface area contributed by atoms with Gasteiger partial charge in [-0.2, -0.15) is 0 Å². The third-order valence-corrected chi connectivity index (χ3v) is 4.97. The first-order valence-corrected chi connectivity index (χ1v) is 9.27. The van der Waals surface area contributed by atoms with Crippen molar-refractivity contribution in [3.05, 3.63) is 72.5 Å². The molecule has 6 N–H and O–H groups in total. The van der Waals surface area contributed by atoms with Gasteiger partial charge in [0.25, 0.3) is 0 Å². The predicted octanol–water partition coefficient (Wildman–Crippen LogP) is 3.99. The normalized spacial score (nSPS) is 15.5. The van der Waals surface area contributed by atoms with Gasteiger partial charge in [-0.3, -0.25) is 0 Å². The van der Waals surface area contributed by atoms with E-state index in [4.69, 9.17) is 11.5 Å². The van der Waals surface area contributed by atoms with Gasteiger partial charge in [-0.15, -0.1) is 10.2 Å². The number of halogens is 2. The van der Waals surface area contributed by atoms with Crippen LogP contribution in [0.15, 0.2) is 66.7 Å². The van der Waals surface area contributed by atoms with Gasteiger partial charge in [-0.05, 0) is 67.9 Å². The molecule has 156 valence electrons. The number of carbonyl (C=O) groups is 1. The Morgan fingerprint density at radius 2 is 2.00 bits per heavy atom. The van der Waals surface area contributed by atoms with Crippen molar-refractivity contribution in [2.45, 2.75) is 24.8 Å². The summed E-state index contributed by atoms with van der Waals surface area (Å²) in [5, 5.41) is 13.7. The molecule has 0 saturated heterocycles. The van der Waals surface area contributed by atoms with Gasteiger partial charge < -0.3 is 22.1 Å². The predicted molar refractivity (Wildman–Crippen MR) is 112 cm³/mol. The van der Waals surface area contributed by atoms with Gasteiger partial charge in [0.15, 0.2) is 0 Å². The molecule has 3 rings (SSSR count). The second-order valence-corrected chi connectivity index (χ2v) is 6.93. The highest BCUT2D eigenvalue weighted by Gasteiger charge is 2.41. The monoisotopic (exact) mass is 412 g/mol. The molecule has 0 unspecified atom stereocenters. The summed E-state index contributed by atoms with van der Waals surface area (Å²) in [5.74, 6) is -0.616. The fourth-order valence-electron chi connectivity index (χ4n) is 3.23. The largest absolute Gasteiger partial charge is 0.405 e. The number of hydrogen-bond acceptors (Lipinski definition) is 5. The van der Waals surface area contributed by atoms with Gasteiger partial charge in [0.2, 0.25) is 0 Å². The van der Waals surface area contributed by atoms with Crippen LogP contribution in [-0.4, -0.2) is 21.8 Å². The number of rotatable bonds is 7. The van der Waals surface area contributed by atoms with E-state index < -0.39 is 23.2 Å². The van der Waals surface area contributed by atoms with Crippen LogP contribution >= 0.6 is 0 Å². The lowest BCUT2D eigenvalue weighted by atomic mass is 9.71. The van der Waals surface area contributed by atoms with E-state index in [-0.39, 0.29) is 11.3 Å². The molecular formula is C21H22F2N6O. The minimum Gasteiger partial charge on any atom is -0.405 e. The highest BCUT2D eigenvalue weighted by molar-refractivity contribution is 5.88. The Kier molecular flexibility index (Phi) is 6.10. The molecule has 1 heterocycles. The smallest absolute Gasteiger partial charge is 0.316 e. The van der Waals surface area contributed by atoms with Gasteiger partial charge in [-0.1, -0.05) is 6.58 Å². The highest BCUT2D eigenvalue weighted by atomic mass is 19.1. The molecule has 7 nitrogen and oxygen atoms in total. The molecule has 9 heteroatoms. The molecule has 1 aromatic carbocycles. The van der Waals surface area contributed by atoms with Crippen LogP contribution in [0.1, 0.15) is 19.3 Å². The van der Waals surface area contributed by atoms with Gasteiger partial charge in [0, 0.05) is 16.8 Å². The topological polar surface area (TPSA) is 119 Å². The van der Waals surface area contributed by atoms with Crippen LogP contribution in [0.4, 0.5) is 25.1 Å². The van der Waals surface area contributed by atoms with Gasteiger partial charge in [0.1, 0.15) is 17.5 Å². The number of hydrogen-bond donors (Lipinski definition) is 4. The average Bonchev–Trinajstić information content (AvgIpc) is 2.68. The molecule has 2 aromatic rings. The maximum absolute atomic E-state index is 14.4. The Labute approximate surface area is 172 Å². The molecule has 1 aromatic heterocycles. The first kappa shape index (κ1) is 21.0. The average molecular weight is 412 g/mol. The number of anilines is 2. The Balaban J connectivity index is 1.77. The number of allylic oxidation sites excluding steroid dienone is 2. The number of nitrogens with zero attached hydrogens (tertiary/aromatic N) is 2. The fraction of sp³-hybridized carbons (Fsp3) is 0.190.